The fourth-order valence-corrected chi connectivity index (χ4v) is 4.34. The van der Waals surface area contributed by atoms with Crippen LogP contribution in [-0.4, -0.2) is 49.1 Å². The quantitative estimate of drug-likeness (QED) is 0.167. The topological polar surface area (TPSA) is 132 Å². The third kappa shape index (κ3) is 7.89. The Morgan fingerprint density at radius 1 is 0.872 bits per heavy atom. The number of hydrogen-bond acceptors (Lipinski definition) is 7. The van der Waals surface area contributed by atoms with Crippen LogP contribution in [0.1, 0.15) is 28.4 Å². The molecule has 1 amide bonds. The van der Waals surface area contributed by atoms with Gasteiger partial charge in [-0.2, -0.15) is 0 Å². The molecule has 3 aromatic carbocycles. The smallest absolute Gasteiger partial charge is 0.338 e. The number of esters is 1. The first-order chi connectivity index (χ1) is 19.0. The van der Waals surface area contributed by atoms with Crippen LogP contribution in [0, 0.1) is 0 Å². The van der Waals surface area contributed by atoms with Gasteiger partial charge in [0.05, 0.1) is 24.8 Å². The summed E-state index contributed by atoms with van der Waals surface area (Å²) in [5.74, 6) is -0.891. The van der Waals surface area contributed by atoms with Gasteiger partial charge in [-0.1, -0.05) is 84.0 Å². The van der Waals surface area contributed by atoms with Crippen molar-refractivity contribution >= 4 is 11.9 Å². The van der Waals surface area contributed by atoms with E-state index in [2.05, 4.69) is 15.3 Å². The molecule has 1 heterocycles. The lowest BCUT2D eigenvalue weighted by Gasteiger charge is -2.45. The van der Waals surface area contributed by atoms with Crippen LogP contribution >= 0.6 is 0 Å². The van der Waals surface area contributed by atoms with Gasteiger partial charge in [0, 0.05) is 11.8 Å². The summed E-state index contributed by atoms with van der Waals surface area (Å²) in [5, 5.41) is 6.58. The summed E-state index contributed by atoms with van der Waals surface area (Å²) >= 11 is 0. The van der Waals surface area contributed by atoms with Gasteiger partial charge >= 0.3 is 5.97 Å². The van der Waals surface area contributed by atoms with E-state index in [1.165, 1.54) is 6.92 Å². The lowest BCUT2D eigenvalue weighted by molar-refractivity contribution is -0.227. The third-order valence-electron chi connectivity index (χ3n) is 6.16. The number of nitrogens with one attached hydrogen (secondary N) is 1. The zero-order valence-electron chi connectivity index (χ0n) is 21.5. The molecule has 1 fully saturated rings. The van der Waals surface area contributed by atoms with Gasteiger partial charge in [0.2, 0.25) is 5.91 Å². The minimum absolute atomic E-state index is 0.192. The van der Waals surface area contributed by atoms with Crippen LogP contribution < -0.4 is 5.32 Å². The van der Waals surface area contributed by atoms with Gasteiger partial charge < -0.3 is 24.3 Å². The summed E-state index contributed by atoms with van der Waals surface area (Å²) in [4.78, 5) is 27.8. The van der Waals surface area contributed by atoms with Gasteiger partial charge in [-0.15, -0.1) is 0 Å². The Bertz CT molecular complexity index is 1250. The maximum atomic E-state index is 12.7. The molecule has 0 aliphatic carbocycles. The highest BCUT2D eigenvalue weighted by Crippen LogP contribution is 2.29. The van der Waals surface area contributed by atoms with Crippen molar-refractivity contribution in [2.24, 2.45) is 5.11 Å². The monoisotopic (exact) mass is 530 g/mol. The number of benzene rings is 3. The molecule has 0 bridgehead atoms. The first-order valence-corrected chi connectivity index (χ1v) is 12.5. The molecule has 0 radical (unpaired) electrons. The van der Waals surface area contributed by atoms with Crippen LogP contribution in [0.25, 0.3) is 10.4 Å². The Labute approximate surface area is 226 Å². The zero-order chi connectivity index (χ0) is 27.5. The summed E-state index contributed by atoms with van der Waals surface area (Å²) in [7, 11) is 0. The Balaban J connectivity index is 1.62. The Hall–Kier alpha value is -4.21. The molecular formula is C29H30N4O6. The molecule has 3 aromatic rings. The van der Waals surface area contributed by atoms with Gasteiger partial charge in [0.15, 0.2) is 6.23 Å². The lowest BCUT2D eigenvalue weighted by atomic mass is 9.95. The number of carbonyl (C=O) groups is 2. The lowest BCUT2D eigenvalue weighted by Crippen LogP contribution is -2.65. The number of nitrogens with zero attached hydrogens (tertiary/aromatic N) is 3. The van der Waals surface area contributed by atoms with Crippen molar-refractivity contribution in [3.05, 3.63) is 118 Å². The van der Waals surface area contributed by atoms with E-state index in [1.807, 2.05) is 60.7 Å². The predicted molar refractivity (Wildman–Crippen MR) is 142 cm³/mol. The van der Waals surface area contributed by atoms with Crippen molar-refractivity contribution in [1.29, 1.82) is 0 Å². The molecule has 0 saturated carbocycles. The van der Waals surface area contributed by atoms with E-state index in [9.17, 15) is 15.1 Å². The van der Waals surface area contributed by atoms with Crippen LogP contribution in [0.5, 0.6) is 0 Å². The molecule has 10 nitrogen and oxygen atoms in total. The second-order valence-corrected chi connectivity index (χ2v) is 8.98. The molecule has 0 spiro atoms. The van der Waals surface area contributed by atoms with Gasteiger partial charge in [-0.3, -0.25) is 4.79 Å². The van der Waals surface area contributed by atoms with E-state index in [4.69, 9.17) is 18.9 Å². The Kier molecular flexibility index (Phi) is 10.0. The van der Waals surface area contributed by atoms with E-state index < -0.39 is 36.6 Å². The van der Waals surface area contributed by atoms with E-state index in [0.717, 1.165) is 11.1 Å². The van der Waals surface area contributed by atoms with Crippen molar-refractivity contribution < 1.29 is 28.5 Å². The van der Waals surface area contributed by atoms with E-state index in [-0.39, 0.29) is 25.7 Å². The first-order valence-electron chi connectivity index (χ1n) is 12.5. The Morgan fingerprint density at radius 3 is 1.95 bits per heavy atom. The molecule has 1 saturated heterocycles. The SMILES string of the molecule is CC(=O)N[C@@H]1[C@@H](OCc2ccccc2)[C@H](OCc2ccccc2)[C@@H](COC(=O)c2ccccc2)O[C@@H]1N=[N+]=[N-]. The van der Waals surface area contributed by atoms with Crippen molar-refractivity contribution in [3.63, 3.8) is 0 Å². The molecule has 10 heteroatoms. The fourth-order valence-electron chi connectivity index (χ4n) is 4.34. The summed E-state index contributed by atoms with van der Waals surface area (Å²) in [6.07, 6.45) is -3.58. The molecule has 39 heavy (non-hydrogen) atoms. The molecule has 0 unspecified atom stereocenters. The molecule has 1 N–H and O–H groups in total. The van der Waals surface area contributed by atoms with E-state index in [1.54, 1.807) is 30.3 Å². The maximum absolute atomic E-state index is 12.7. The van der Waals surface area contributed by atoms with Crippen LogP contribution in [0.2, 0.25) is 0 Å². The summed E-state index contributed by atoms with van der Waals surface area (Å²) < 4.78 is 24.3. The minimum Gasteiger partial charge on any atom is -0.459 e. The number of azide groups is 1. The molecule has 0 aromatic heterocycles. The average Bonchev–Trinajstić information content (AvgIpc) is 2.96. The predicted octanol–water partition coefficient (Wildman–Crippen LogP) is 4.55. The largest absolute Gasteiger partial charge is 0.459 e. The van der Waals surface area contributed by atoms with Gasteiger partial charge in [-0.05, 0) is 28.8 Å². The van der Waals surface area contributed by atoms with Gasteiger partial charge in [0.1, 0.15) is 24.9 Å². The summed E-state index contributed by atoms with van der Waals surface area (Å²) in [6, 6.07) is 26.8. The molecule has 5 atom stereocenters. The molecule has 1 aliphatic rings. The first kappa shape index (κ1) is 27.8. The van der Waals surface area contributed by atoms with Crippen molar-refractivity contribution in [3.8, 4) is 0 Å². The molecule has 1 aliphatic heterocycles. The van der Waals surface area contributed by atoms with Crippen LogP contribution in [0.15, 0.2) is 96.1 Å². The number of carbonyl (C=O) groups excluding carboxylic acids is 2. The average molecular weight is 531 g/mol. The Morgan fingerprint density at radius 2 is 1.41 bits per heavy atom. The third-order valence-corrected chi connectivity index (χ3v) is 6.16. The number of hydrogen-bond donors (Lipinski definition) is 1. The normalized spacial score (nSPS) is 22.3. The highest BCUT2D eigenvalue weighted by atomic mass is 16.6. The summed E-state index contributed by atoms with van der Waals surface area (Å²) in [6.45, 7) is 1.58. The number of ether oxygens (including phenoxy) is 4. The summed E-state index contributed by atoms with van der Waals surface area (Å²) in [5.41, 5.74) is 11.4. The second-order valence-electron chi connectivity index (χ2n) is 8.98. The molecule has 202 valence electrons. The molecule has 4 rings (SSSR count). The van der Waals surface area contributed by atoms with Crippen molar-refractivity contribution in [1.82, 2.24) is 5.32 Å². The van der Waals surface area contributed by atoms with Crippen molar-refractivity contribution in [2.75, 3.05) is 6.61 Å². The van der Waals surface area contributed by atoms with E-state index in [0.29, 0.717) is 5.56 Å². The van der Waals surface area contributed by atoms with E-state index >= 15 is 0 Å². The van der Waals surface area contributed by atoms with Crippen molar-refractivity contribution in [2.45, 2.75) is 50.7 Å². The van der Waals surface area contributed by atoms with Crippen LogP contribution in [-0.2, 0) is 37.0 Å². The maximum Gasteiger partial charge on any atom is 0.338 e. The second kappa shape index (κ2) is 14.1. The highest BCUT2D eigenvalue weighted by molar-refractivity contribution is 5.89. The number of rotatable bonds is 11. The fraction of sp³-hybridized carbons (Fsp3) is 0.310. The number of amides is 1. The molecular weight excluding hydrogens is 500 g/mol. The highest BCUT2D eigenvalue weighted by Gasteiger charge is 2.48. The van der Waals surface area contributed by atoms with Crippen LogP contribution in [0.4, 0.5) is 0 Å². The van der Waals surface area contributed by atoms with Gasteiger partial charge in [-0.25, -0.2) is 4.79 Å². The standard InChI is InChI=1S/C29H30N4O6/c1-20(34)31-25-27(37-18-22-13-7-3-8-14-22)26(36-17-21-11-5-2-6-12-21)24(39-28(25)32-33-30)19-38-29(35)23-15-9-4-10-16-23/h2-16,24-28H,17-19H2,1H3,(H,31,34)/t24-,25-,26-,27-,28+/m1/s1. The minimum atomic E-state index is -1.13. The van der Waals surface area contributed by atoms with Gasteiger partial charge in [0.25, 0.3) is 0 Å². The zero-order valence-corrected chi connectivity index (χ0v) is 21.5. The van der Waals surface area contributed by atoms with Crippen LogP contribution in [0.3, 0.4) is 0 Å².